The molecule has 106 valence electrons. The van der Waals surface area contributed by atoms with Crippen LogP contribution in [0.3, 0.4) is 0 Å². The Bertz CT molecular complexity index is 384. The van der Waals surface area contributed by atoms with Crippen molar-refractivity contribution in [3.63, 3.8) is 0 Å². The van der Waals surface area contributed by atoms with Gasteiger partial charge in [-0.15, -0.1) is 0 Å². The highest BCUT2D eigenvalue weighted by molar-refractivity contribution is 5.76. The summed E-state index contributed by atoms with van der Waals surface area (Å²) in [6, 6.07) is 5.78. The van der Waals surface area contributed by atoms with Crippen molar-refractivity contribution in [2.45, 2.75) is 46.2 Å². The van der Waals surface area contributed by atoms with Crippen LogP contribution in [0.25, 0.3) is 0 Å². The molecule has 1 aromatic heterocycles. The molecule has 1 amide bonds. The lowest BCUT2D eigenvalue weighted by Crippen LogP contribution is -2.39. The Kier molecular flexibility index (Phi) is 5.96. The Morgan fingerprint density at radius 1 is 1.37 bits per heavy atom. The number of hydrogen-bond acceptors (Lipinski definition) is 3. The second kappa shape index (κ2) is 7.24. The maximum absolute atomic E-state index is 12.1. The van der Waals surface area contributed by atoms with Gasteiger partial charge in [0.2, 0.25) is 5.91 Å². The Labute approximate surface area is 116 Å². The summed E-state index contributed by atoms with van der Waals surface area (Å²) in [7, 11) is 0. The van der Waals surface area contributed by atoms with Crippen molar-refractivity contribution < 1.29 is 4.79 Å². The van der Waals surface area contributed by atoms with E-state index in [0.717, 1.165) is 5.69 Å². The van der Waals surface area contributed by atoms with Gasteiger partial charge in [-0.1, -0.05) is 6.07 Å². The van der Waals surface area contributed by atoms with Crippen LogP contribution in [0.15, 0.2) is 24.4 Å². The third-order valence-electron chi connectivity index (χ3n) is 2.81. The first-order valence-corrected chi connectivity index (χ1v) is 6.85. The highest BCUT2D eigenvalue weighted by atomic mass is 16.2. The van der Waals surface area contributed by atoms with E-state index in [4.69, 9.17) is 0 Å². The molecule has 1 N–H and O–H groups in total. The van der Waals surface area contributed by atoms with Gasteiger partial charge < -0.3 is 10.2 Å². The summed E-state index contributed by atoms with van der Waals surface area (Å²) < 4.78 is 0. The molecular formula is C15H25N3O. The standard InChI is InChI=1S/C15H25N3O/c1-5-18(12-13-8-6-7-10-16-13)14(19)9-11-17-15(2,3)4/h6-8,10,17H,5,9,11-12H2,1-4H3. The Morgan fingerprint density at radius 3 is 2.63 bits per heavy atom. The summed E-state index contributed by atoms with van der Waals surface area (Å²) in [4.78, 5) is 18.2. The predicted octanol–water partition coefficient (Wildman–Crippen LogP) is 2.21. The molecule has 0 fully saturated rings. The topological polar surface area (TPSA) is 45.2 Å². The van der Waals surface area contributed by atoms with Crippen molar-refractivity contribution in [1.82, 2.24) is 15.2 Å². The van der Waals surface area contributed by atoms with E-state index in [0.29, 0.717) is 26.1 Å². The molecule has 0 aliphatic carbocycles. The van der Waals surface area contributed by atoms with Gasteiger partial charge in [0.15, 0.2) is 0 Å². The van der Waals surface area contributed by atoms with Crippen molar-refractivity contribution in [3.8, 4) is 0 Å². The second-order valence-electron chi connectivity index (χ2n) is 5.66. The molecule has 19 heavy (non-hydrogen) atoms. The predicted molar refractivity (Wildman–Crippen MR) is 77.7 cm³/mol. The van der Waals surface area contributed by atoms with Crippen molar-refractivity contribution in [2.75, 3.05) is 13.1 Å². The van der Waals surface area contributed by atoms with E-state index in [1.165, 1.54) is 0 Å². The van der Waals surface area contributed by atoms with Gasteiger partial charge in [-0.25, -0.2) is 0 Å². The van der Waals surface area contributed by atoms with Crippen LogP contribution in [0.5, 0.6) is 0 Å². The fraction of sp³-hybridized carbons (Fsp3) is 0.600. The van der Waals surface area contributed by atoms with E-state index in [1.807, 2.05) is 30.0 Å². The van der Waals surface area contributed by atoms with Gasteiger partial charge in [-0.2, -0.15) is 0 Å². The first-order chi connectivity index (χ1) is 8.92. The molecule has 1 aromatic rings. The minimum absolute atomic E-state index is 0.0539. The Morgan fingerprint density at radius 2 is 2.11 bits per heavy atom. The molecule has 4 heteroatoms. The van der Waals surface area contributed by atoms with Crippen LogP contribution in [0.1, 0.15) is 39.8 Å². The fourth-order valence-corrected chi connectivity index (χ4v) is 1.77. The third-order valence-corrected chi connectivity index (χ3v) is 2.81. The van der Waals surface area contributed by atoms with Crippen LogP contribution in [-0.2, 0) is 11.3 Å². The minimum Gasteiger partial charge on any atom is -0.337 e. The summed E-state index contributed by atoms with van der Waals surface area (Å²) in [5.41, 5.74) is 0.986. The molecule has 0 radical (unpaired) electrons. The first kappa shape index (κ1) is 15.6. The number of nitrogens with zero attached hydrogens (tertiary/aromatic N) is 2. The van der Waals surface area contributed by atoms with Gasteiger partial charge in [0.05, 0.1) is 12.2 Å². The number of aromatic nitrogens is 1. The lowest BCUT2D eigenvalue weighted by Gasteiger charge is -2.23. The zero-order valence-corrected chi connectivity index (χ0v) is 12.4. The summed E-state index contributed by atoms with van der Waals surface area (Å²) in [5.74, 6) is 0.171. The minimum atomic E-state index is 0.0539. The zero-order valence-electron chi connectivity index (χ0n) is 12.4. The van der Waals surface area contributed by atoms with Crippen LogP contribution < -0.4 is 5.32 Å². The van der Waals surface area contributed by atoms with Crippen LogP contribution >= 0.6 is 0 Å². The molecule has 0 bridgehead atoms. The highest BCUT2D eigenvalue weighted by Crippen LogP contribution is 2.04. The number of carbonyl (C=O) groups is 1. The molecule has 0 aliphatic heterocycles. The third kappa shape index (κ3) is 6.34. The molecular weight excluding hydrogens is 238 g/mol. The van der Waals surface area contributed by atoms with Crippen molar-refractivity contribution in [2.24, 2.45) is 0 Å². The monoisotopic (exact) mass is 263 g/mol. The smallest absolute Gasteiger partial charge is 0.224 e. The lowest BCUT2D eigenvalue weighted by molar-refractivity contribution is -0.131. The van der Waals surface area contributed by atoms with Crippen LogP contribution in [0.4, 0.5) is 0 Å². The lowest BCUT2D eigenvalue weighted by atomic mass is 10.1. The molecule has 0 unspecified atom stereocenters. The van der Waals surface area contributed by atoms with Gasteiger partial charge in [-0.3, -0.25) is 9.78 Å². The summed E-state index contributed by atoms with van der Waals surface area (Å²) in [6.45, 7) is 10.3. The first-order valence-electron chi connectivity index (χ1n) is 6.85. The maximum Gasteiger partial charge on any atom is 0.224 e. The molecule has 0 spiro atoms. The number of amides is 1. The van der Waals surface area contributed by atoms with Crippen LogP contribution in [0, 0.1) is 0 Å². The normalized spacial score (nSPS) is 11.4. The summed E-state index contributed by atoms with van der Waals surface area (Å²) in [5, 5.41) is 3.33. The van der Waals surface area contributed by atoms with Crippen molar-refractivity contribution in [3.05, 3.63) is 30.1 Å². The number of pyridine rings is 1. The van der Waals surface area contributed by atoms with E-state index >= 15 is 0 Å². The number of nitrogens with one attached hydrogen (secondary N) is 1. The van der Waals surface area contributed by atoms with Gasteiger partial charge in [0.25, 0.3) is 0 Å². The van der Waals surface area contributed by atoms with Gasteiger partial charge in [0.1, 0.15) is 0 Å². The molecule has 0 saturated carbocycles. The summed E-state index contributed by atoms with van der Waals surface area (Å²) in [6.07, 6.45) is 2.28. The van der Waals surface area contributed by atoms with E-state index in [-0.39, 0.29) is 11.4 Å². The Hall–Kier alpha value is -1.42. The van der Waals surface area contributed by atoms with E-state index in [9.17, 15) is 4.79 Å². The molecule has 1 rings (SSSR count). The molecule has 4 nitrogen and oxygen atoms in total. The van der Waals surface area contributed by atoms with Gasteiger partial charge in [-0.05, 0) is 39.8 Å². The van der Waals surface area contributed by atoms with E-state index in [2.05, 4.69) is 31.1 Å². The average molecular weight is 263 g/mol. The molecule has 0 saturated heterocycles. The second-order valence-corrected chi connectivity index (χ2v) is 5.66. The van der Waals surface area contributed by atoms with Crippen LogP contribution in [-0.4, -0.2) is 34.4 Å². The van der Waals surface area contributed by atoms with Gasteiger partial charge in [0, 0.05) is 31.2 Å². The van der Waals surface area contributed by atoms with Crippen molar-refractivity contribution in [1.29, 1.82) is 0 Å². The van der Waals surface area contributed by atoms with Crippen molar-refractivity contribution >= 4 is 5.91 Å². The quantitative estimate of drug-likeness (QED) is 0.856. The largest absolute Gasteiger partial charge is 0.337 e. The number of hydrogen-bond donors (Lipinski definition) is 1. The average Bonchev–Trinajstić information content (AvgIpc) is 2.35. The number of rotatable bonds is 6. The fourth-order valence-electron chi connectivity index (χ4n) is 1.77. The number of carbonyl (C=O) groups excluding carboxylic acids is 1. The maximum atomic E-state index is 12.1. The van der Waals surface area contributed by atoms with Gasteiger partial charge >= 0.3 is 0 Å². The SMILES string of the molecule is CCN(Cc1ccccn1)C(=O)CCNC(C)(C)C. The molecule has 1 heterocycles. The van der Waals surface area contributed by atoms with Crippen LogP contribution in [0.2, 0.25) is 0 Å². The van der Waals surface area contributed by atoms with E-state index < -0.39 is 0 Å². The van der Waals surface area contributed by atoms with E-state index in [1.54, 1.807) is 6.20 Å². The molecule has 0 aromatic carbocycles. The zero-order chi connectivity index (χ0) is 14.3. The molecule has 0 atom stereocenters. The molecule has 0 aliphatic rings. The highest BCUT2D eigenvalue weighted by Gasteiger charge is 2.14. The Balaban J connectivity index is 2.44. The summed E-state index contributed by atoms with van der Waals surface area (Å²) >= 11 is 0.